The fourth-order valence-electron chi connectivity index (χ4n) is 4.70. The fourth-order valence-corrected chi connectivity index (χ4v) is 5.38. The lowest BCUT2D eigenvalue weighted by Crippen LogP contribution is -2.53. The van der Waals surface area contributed by atoms with E-state index in [1.807, 2.05) is 16.3 Å². The van der Waals surface area contributed by atoms with Gasteiger partial charge in [-0.2, -0.15) is 0 Å². The highest BCUT2D eigenvalue weighted by Crippen LogP contribution is 2.28. The van der Waals surface area contributed by atoms with Gasteiger partial charge in [0.15, 0.2) is 0 Å². The number of thiophene rings is 1. The van der Waals surface area contributed by atoms with Crippen molar-refractivity contribution < 1.29 is 23.9 Å². The van der Waals surface area contributed by atoms with Crippen molar-refractivity contribution in [3.63, 3.8) is 0 Å². The highest BCUT2D eigenvalue weighted by Gasteiger charge is 2.44. The number of likely N-dealkylation sites (tertiary alicyclic amines) is 1. The first-order valence-corrected chi connectivity index (χ1v) is 12.7. The number of benzene rings is 1. The molecule has 0 saturated carbocycles. The zero-order chi connectivity index (χ0) is 24.8. The molecule has 188 valence electrons. The molecule has 2 aliphatic rings. The SMILES string of the molecule is COCCN(C(=O)c1cccs1)C1CC(C(=O)N2CCNCC2)N(C(=O)c2cccc(OC)c2)C1. The van der Waals surface area contributed by atoms with Crippen molar-refractivity contribution >= 4 is 29.1 Å². The third kappa shape index (κ3) is 5.66. The minimum atomic E-state index is -0.641. The van der Waals surface area contributed by atoms with Crippen molar-refractivity contribution in [3.8, 4) is 5.75 Å². The number of ether oxygens (including phenoxy) is 2. The van der Waals surface area contributed by atoms with E-state index in [-0.39, 0.29) is 30.3 Å². The quantitative estimate of drug-likeness (QED) is 0.592. The molecule has 0 aliphatic carbocycles. The van der Waals surface area contributed by atoms with Gasteiger partial charge in [-0.05, 0) is 36.1 Å². The summed E-state index contributed by atoms with van der Waals surface area (Å²) in [6, 6.07) is 9.65. The third-order valence-electron chi connectivity index (χ3n) is 6.54. The highest BCUT2D eigenvalue weighted by molar-refractivity contribution is 7.12. The van der Waals surface area contributed by atoms with Crippen molar-refractivity contribution in [2.75, 3.05) is 60.1 Å². The van der Waals surface area contributed by atoms with Gasteiger partial charge >= 0.3 is 0 Å². The Morgan fingerprint density at radius 3 is 2.63 bits per heavy atom. The van der Waals surface area contributed by atoms with Crippen LogP contribution >= 0.6 is 11.3 Å². The van der Waals surface area contributed by atoms with Gasteiger partial charge in [-0.15, -0.1) is 11.3 Å². The Bertz CT molecular complexity index is 1020. The van der Waals surface area contributed by atoms with E-state index in [0.29, 0.717) is 48.9 Å². The molecule has 0 radical (unpaired) electrons. The number of hydrogen-bond acceptors (Lipinski definition) is 7. The van der Waals surface area contributed by atoms with Crippen molar-refractivity contribution in [1.82, 2.24) is 20.0 Å². The molecular weight excluding hydrogens is 468 g/mol. The maximum Gasteiger partial charge on any atom is 0.264 e. The summed E-state index contributed by atoms with van der Waals surface area (Å²) in [5, 5.41) is 5.13. The van der Waals surface area contributed by atoms with E-state index >= 15 is 0 Å². The van der Waals surface area contributed by atoms with Gasteiger partial charge in [0, 0.05) is 51.9 Å². The Morgan fingerprint density at radius 1 is 1.14 bits per heavy atom. The van der Waals surface area contributed by atoms with Crippen LogP contribution in [0, 0.1) is 0 Å². The molecule has 2 atom stereocenters. The molecule has 0 spiro atoms. The number of hydrogen-bond donors (Lipinski definition) is 1. The summed E-state index contributed by atoms with van der Waals surface area (Å²) in [7, 11) is 3.15. The maximum absolute atomic E-state index is 13.7. The van der Waals surface area contributed by atoms with Gasteiger partial charge < -0.3 is 29.5 Å². The summed E-state index contributed by atoms with van der Waals surface area (Å²) in [5.41, 5.74) is 0.455. The number of piperazine rings is 1. The summed E-state index contributed by atoms with van der Waals surface area (Å²) in [5.74, 6) is 0.160. The van der Waals surface area contributed by atoms with Crippen LogP contribution in [-0.4, -0.2) is 105 Å². The van der Waals surface area contributed by atoms with E-state index in [4.69, 9.17) is 9.47 Å². The molecule has 9 nitrogen and oxygen atoms in total. The Morgan fingerprint density at radius 2 is 1.94 bits per heavy atom. The van der Waals surface area contributed by atoms with Gasteiger partial charge in [-0.1, -0.05) is 12.1 Å². The normalized spacial score (nSPS) is 20.1. The molecule has 10 heteroatoms. The number of nitrogens with one attached hydrogen (secondary N) is 1. The topological polar surface area (TPSA) is 91.4 Å². The van der Waals surface area contributed by atoms with Gasteiger partial charge in [0.1, 0.15) is 11.8 Å². The highest BCUT2D eigenvalue weighted by atomic mass is 32.1. The van der Waals surface area contributed by atoms with Crippen LogP contribution in [0.5, 0.6) is 5.75 Å². The van der Waals surface area contributed by atoms with Gasteiger partial charge in [0.25, 0.3) is 11.8 Å². The molecule has 3 heterocycles. The summed E-state index contributed by atoms with van der Waals surface area (Å²) in [6.07, 6.45) is 0.388. The standard InChI is InChI=1S/C25H32N4O5S/c1-33-13-12-28(25(32)22-7-4-14-35-22)19-16-21(24(31)27-10-8-26-9-11-27)29(17-19)23(30)18-5-3-6-20(15-18)34-2/h3-7,14-15,19,21,26H,8-13,16-17H2,1-2H3. The number of amides is 3. The molecule has 1 aromatic carbocycles. The molecule has 0 bridgehead atoms. The molecule has 2 fully saturated rings. The maximum atomic E-state index is 13.7. The molecule has 35 heavy (non-hydrogen) atoms. The molecule has 2 unspecified atom stereocenters. The first-order chi connectivity index (χ1) is 17.0. The molecular formula is C25H32N4O5S. The van der Waals surface area contributed by atoms with Crippen LogP contribution in [0.2, 0.25) is 0 Å². The summed E-state index contributed by atoms with van der Waals surface area (Å²) < 4.78 is 10.6. The predicted molar refractivity (Wildman–Crippen MR) is 133 cm³/mol. The predicted octanol–water partition coefficient (Wildman–Crippen LogP) is 1.56. The van der Waals surface area contributed by atoms with Gasteiger partial charge in [0.2, 0.25) is 5.91 Å². The average Bonchev–Trinajstić information content (AvgIpc) is 3.59. The summed E-state index contributed by atoms with van der Waals surface area (Å²) in [4.78, 5) is 46.5. The molecule has 1 N–H and O–H groups in total. The molecule has 2 aliphatic heterocycles. The minimum absolute atomic E-state index is 0.0690. The second kappa shape index (κ2) is 11.7. The van der Waals surface area contributed by atoms with Crippen LogP contribution in [0.4, 0.5) is 0 Å². The Hall–Kier alpha value is -2.95. The molecule has 2 saturated heterocycles. The van der Waals surface area contributed by atoms with Crippen molar-refractivity contribution in [2.45, 2.75) is 18.5 Å². The molecule has 4 rings (SSSR count). The lowest BCUT2D eigenvalue weighted by molar-refractivity contribution is -0.135. The third-order valence-corrected chi connectivity index (χ3v) is 7.40. The van der Waals surface area contributed by atoms with Gasteiger partial charge in [-0.25, -0.2) is 0 Å². The number of rotatable bonds is 8. The lowest BCUT2D eigenvalue weighted by Gasteiger charge is -2.32. The van der Waals surface area contributed by atoms with Crippen LogP contribution in [0.3, 0.4) is 0 Å². The minimum Gasteiger partial charge on any atom is -0.497 e. The van der Waals surface area contributed by atoms with Crippen molar-refractivity contribution in [2.24, 2.45) is 0 Å². The largest absolute Gasteiger partial charge is 0.497 e. The van der Waals surface area contributed by atoms with E-state index in [1.165, 1.54) is 11.3 Å². The van der Waals surface area contributed by atoms with E-state index < -0.39 is 6.04 Å². The summed E-state index contributed by atoms with van der Waals surface area (Å²) >= 11 is 1.38. The molecule has 3 amide bonds. The molecule has 2 aromatic rings. The number of methoxy groups -OCH3 is 2. The fraction of sp³-hybridized carbons (Fsp3) is 0.480. The smallest absolute Gasteiger partial charge is 0.264 e. The van der Waals surface area contributed by atoms with Crippen molar-refractivity contribution in [3.05, 3.63) is 52.2 Å². The Balaban J connectivity index is 1.63. The van der Waals surface area contributed by atoms with Crippen LogP contribution in [0.1, 0.15) is 26.5 Å². The van der Waals surface area contributed by atoms with E-state index in [2.05, 4.69) is 5.32 Å². The number of nitrogens with zero attached hydrogens (tertiary/aromatic N) is 3. The Labute approximate surface area is 209 Å². The Kier molecular flexibility index (Phi) is 8.37. The van der Waals surface area contributed by atoms with E-state index in [1.54, 1.807) is 54.4 Å². The van der Waals surface area contributed by atoms with Gasteiger partial charge in [0.05, 0.1) is 24.6 Å². The van der Waals surface area contributed by atoms with Gasteiger partial charge in [-0.3, -0.25) is 14.4 Å². The van der Waals surface area contributed by atoms with E-state index in [9.17, 15) is 14.4 Å². The second-order valence-electron chi connectivity index (χ2n) is 8.64. The van der Waals surface area contributed by atoms with E-state index in [0.717, 1.165) is 13.1 Å². The number of carbonyl (C=O) groups excluding carboxylic acids is 3. The first-order valence-electron chi connectivity index (χ1n) is 11.8. The lowest BCUT2D eigenvalue weighted by atomic mass is 10.1. The summed E-state index contributed by atoms with van der Waals surface area (Å²) in [6.45, 7) is 3.68. The average molecular weight is 501 g/mol. The monoisotopic (exact) mass is 500 g/mol. The van der Waals surface area contributed by atoms with Crippen LogP contribution in [-0.2, 0) is 9.53 Å². The zero-order valence-corrected chi connectivity index (χ0v) is 21.0. The molecule has 1 aromatic heterocycles. The van der Waals surface area contributed by atoms with Crippen LogP contribution in [0.25, 0.3) is 0 Å². The second-order valence-corrected chi connectivity index (χ2v) is 9.59. The zero-order valence-electron chi connectivity index (χ0n) is 20.1. The first kappa shape index (κ1) is 25.2. The van der Waals surface area contributed by atoms with Crippen LogP contribution in [0.15, 0.2) is 41.8 Å². The van der Waals surface area contributed by atoms with Crippen molar-refractivity contribution in [1.29, 1.82) is 0 Å². The van der Waals surface area contributed by atoms with Crippen LogP contribution < -0.4 is 10.1 Å². The number of carbonyl (C=O) groups is 3.